The first-order valence-corrected chi connectivity index (χ1v) is 6.70. The van der Waals surface area contributed by atoms with Crippen LogP contribution in [0.1, 0.15) is 12.0 Å². The van der Waals surface area contributed by atoms with Gasteiger partial charge in [-0.1, -0.05) is 54.6 Å². The molecular formula is C17H19NO2. The van der Waals surface area contributed by atoms with Gasteiger partial charge in [0.1, 0.15) is 0 Å². The average Bonchev–Trinajstić information content (AvgIpc) is 2.49. The van der Waals surface area contributed by atoms with Crippen LogP contribution in [0.2, 0.25) is 0 Å². The fourth-order valence-corrected chi connectivity index (χ4v) is 2.08. The smallest absolute Gasteiger partial charge is 0.224 e. The lowest BCUT2D eigenvalue weighted by Crippen LogP contribution is -2.26. The Balaban J connectivity index is 2.04. The predicted octanol–water partition coefficient (Wildman–Crippen LogP) is 2.69. The summed E-state index contributed by atoms with van der Waals surface area (Å²) in [4.78, 5) is 13.2. The molecule has 0 fully saturated rings. The highest BCUT2D eigenvalue weighted by atomic mass is 16.3. The minimum atomic E-state index is -0.101. The average molecular weight is 269 g/mol. The number of hydrogen-bond donors (Lipinski definition) is 1. The third-order valence-corrected chi connectivity index (χ3v) is 3.23. The first-order valence-electron chi connectivity index (χ1n) is 6.70. The zero-order valence-electron chi connectivity index (χ0n) is 11.6. The molecular weight excluding hydrogens is 250 g/mol. The fraction of sp³-hybridized carbons (Fsp3) is 0.235. The molecule has 20 heavy (non-hydrogen) atoms. The Kier molecular flexibility index (Phi) is 4.91. The SMILES string of the molecule is CN(Cc1ccc(-c2ccccc2)cc1)C(=O)CCO. The van der Waals surface area contributed by atoms with E-state index < -0.39 is 0 Å². The van der Waals surface area contributed by atoms with Crippen LogP contribution in [0.25, 0.3) is 11.1 Å². The molecule has 2 aromatic carbocycles. The van der Waals surface area contributed by atoms with Crippen molar-refractivity contribution in [2.45, 2.75) is 13.0 Å². The zero-order valence-corrected chi connectivity index (χ0v) is 11.6. The van der Waals surface area contributed by atoms with Gasteiger partial charge < -0.3 is 10.0 Å². The molecule has 0 bridgehead atoms. The third-order valence-electron chi connectivity index (χ3n) is 3.23. The van der Waals surface area contributed by atoms with Crippen LogP contribution in [0.15, 0.2) is 54.6 Å². The second-order valence-corrected chi connectivity index (χ2v) is 4.79. The molecule has 3 heteroatoms. The summed E-state index contributed by atoms with van der Waals surface area (Å²) >= 11 is 0. The maximum absolute atomic E-state index is 11.6. The summed E-state index contributed by atoms with van der Waals surface area (Å²) in [7, 11) is 1.75. The number of amides is 1. The zero-order chi connectivity index (χ0) is 14.4. The van der Waals surface area contributed by atoms with Crippen LogP contribution in [-0.2, 0) is 11.3 Å². The van der Waals surface area contributed by atoms with Crippen molar-refractivity contribution in [1.82, 2.24) is 4.90 Å². The summed E-state index contributed by atoms with van der Waals surface area (Å²) < 4.78 is 0. The predicted molar refractivity (Wildman–Crippen MR) is 80.1 cm³/mol. The Morgan fingerprint density at radius 3 is 2.20 bits per heavy atom. The lowest BCUT2D eigenvalue weighted by Gasteiger charge is -2.17. The van der Waals surface area contributed by atoms with Gasteiger partial charge in [0.25, 0.3) is 0 Å². The summed E-state index contributed by atoms with van der Waals surface area (Å²) in [6.07, 6.45) is 0.179. The Bertz CT molecular complexity index is 549. The van der Waals surface area contributed by atoms with Crippen molar-refractivity contribution in [3.8, 4) is 11.1 Å². The second-order valence-electron chi connectivity index (χ2n) is 4.79. The molecule has 1 N–H and O–H groups in total. The lowest BCUT2D eigenvalue weighted by molar-refractivity contribution is -0.131. The van der Waals surface area contributed by atoms with Crippen molar-refractivity contribution >= 4 is 5.91 Å². The molecule has 0 unspecified atom stereocenters. The standard InChI is InChI=1S/C17H19NO2/c1-18(17(20)11-12-19)13-14-7-9-16(10-8-14)15-5-3-2-4-6-15/h2-10,19H,11-13H2,1H3. The molecule has 0 radical (unpaired) electrons. The number of carbonyl (C=O) groups excluding carboxylic acids is 1. The van der Waals surface area contributed by atoms with Crippen LogP contribution in [0.4, 0.5) is 0 Å². The Hall–Kier alpha value is -2.13. The second kappa shape index (κ2) is 6.87. The largest absolute Gasteiger partial charge is 0.396 e. The summed E-state index contributed by atoms with van der Waals surface area (Å²) in [5.74, 6) is -0.0420. The van der Waals surface area contributed by atoms with E-state index in [4.69, 9.17) is 5.11 Å². The van der Waals surface area contributed by atoms with Gasteiger partial charge in [0.2, 0.25) is 5.91 Å². The highest BCUT2D eigenvalue weighted by Crippen LogP contribution is 2.19. The number of nitrogens with zero attached hydrogens (tertiary/aromatic N) is 1. The van der Waals surface area contributed by atoms with E-state index in [1.807, 2.05) is 30.3 Å². The number of benzene rings is 2. The van der Waals surface area contributed by atoms with E-state index in [0.717, 1.165) is 5.56 Å². The maximum Gasteiger partial charge on any atom is 0.224 e. The Morgan fingerprint density at radius 1 is 1.00 bits per heavy atom. The number of rotatable bonds is 5. The Labute approximate surface area is 119 Å². The molecule has 0 aliphatic carbocycles. The van der Waals surface area contributed by atoms with Gasteiger partial charge in [0.05, 0.1) is 6.61 Å². The molecule has 2 rings (SSSR count). The monoisotopic (exact) mass is 269 g/mol. The molecule has 0 saturated heterocycles. The normalized spacial score (nSPS) is 10.3. The lowest BCUT2D eigenvalue weighted by atomic mass is 10.0. The van der Waals surface area contributed by atoms with Crippen molar-refractivity contribution in [3.05, 3.63) is 60.2 Å². The van der Waals surface area contributed by atoms with Crippen LogP contribution in [0.5, 0.6) is 0 Å². The number of aliphatic hydroxyl groups is 1. The highest BCUT2D eigenvalue weighted by molar-refractivity contribution is 5.76. The van der Waals surface area contributed by atoms with Gasteiger partial charge >= 0.3 is 0 Å². The van der Waals surface area contributed by atoms with Gasteiger partial charge in [-0.05, 0) is 16.7 Å². The van der Waals surface area contributed by atoms with Crippen molar-refractivity contribution in [2.24, 2.45) is 0 Å². The van der Waals surface area contributed by atoms with Gasteiger partial charge in [-0.2, -0.15) is 0 Å². The Morgan fingerprint density at radius 2 is 1.60 bits per heavy atom. The fourth-order valence-electron chi connectivity index (χ4n) is 2.08. The third kappa shape index (κ3) is 3.68. The van der Waals surface area contributed by atoms with Crippen LogP contribution >= 0.6 is 0 Å². The molecule has 2 aromatic rings. The van der Waals surface area contributed by atoms with Crippen molar-refractivity contribution < 1.29 is 9.90 Å². The van der Waals surface area contributed by atoms with E-state index in [1.54, 1.807) is 11.9 Å². The minimum absolute atomic E-state index is 0.0420. The number of carbonyl (C=O) groups is 1. The van der Waals surface area contributed by atoms with E-state index >= 15 is 0 Å². The van der Waals surface area contributed by atoms with E-state index in [2.05, 4.69) is 24.3 Å². The topological polar surface area (TPSA) is 40.5 Å². The summed E-state index contributed by atoms with van der Waals surface area (Å²) in [6, 6.07) is 18.4. The van der Waals surface area contributed by atoms with E-state index in [1.165, 1.54) is 11.1 Å². The van der Waals surface area contributed by atoms with E-state index in [-0.39, 0.29) is 18.9 Å². The van der Waals surface area contributed by atoms with Crippen molar-refractivity contribution in [1.29, 1.82) is 0 Å². The molecule has 0 heterocycles. The maximum atomic E-state index is 11.6. The minimum Gasteiger partial charge on any atom is -0.396 e. The van der Waals surface area contributed by atoms with E-state index in [9.17, 15) is 4.79 Å². The van der Waals surface area contributed by atoms with Crippen molar-refractivity contribution in [3.63, 3.8) is 0 Å². The molecule has 0 atom stereocenters. The molecule has 0 saturated carbocycles. The molecule has 3 nitrogen and oxygen atoms in total. The summed E-state index contributed by atoms with van der Waals surface area (Å²) in [5, 5.41) is 8.77. The van der Waals surface area contributed by atoms with Gasteiger partial charge in [0, 0.05) is 20.0 Å². The van der Waals surface area contributed by atoms with Crippen LogP contribution in [-0.4, -0.2) is 29.6 Å². The quantitative estimate of drug-likeness (QED) is 0.906. The summed E-state index contributed by atoms with van der Waals surface area (Å²) in [5.41, 5.74) is 3.43. The van der Waals surface area contributed by atoms with Gasteiger partial charge in [-0.25, -0.2) is 0 Å². The first-order chi connectivity index (χ1) is 9.70. The highest BCUT2D eigenvalue weighted by Gasteiger charge is 2.08. The van der Waals surface area contributed by atoms with Crippen molar-refractivity contribution in [2.75, 3.05) is 13.7 Å². The molecule has 0 aliphatic rings. The van der Waals surface area contributed by atoms with E-state index in [0.29, 0.717) is 6.54 Å². The van der Waals surface area contributed by atoms with Gasteiger partial charge in [0.15, 0.2) is 0 Å². The number of aliphatic hydroxyl groups excluding tert-OH is 1. The molecule has 0 spiro atoms. The molecule has 0 aliphatic heterocycles. The van der Waals surface area contributed by atoms with Gasteiger partial charge in [-0.3, -0.25) is 4.79 Å². The number of hydrogen-bond acceptors (Lipinski definition) is 2. The molecule has 104 valence electrons. The van der Waals surface area contributed by atoms with Crippen LogP contribution in [0, 0.1) is 0 Å². The van der Waals surface area contributed by atoms with Crippen LogP contribution in [0.3, 0.4) is 0 Å². The summed E-state index contributed by atoms with van der Waals surface area (Å²) in [6.45, 7) is 0.462. The molecule has 1 amide bonds. The molecule has 0 aromatic heterocycles. The first kappa shape index (κ1) is 14.3. The van der Waals surface area contributed by atoms with Crippen LogP contribution < -0.4 is 0 Å². The van der Waals surface area contributed by atoms with Gasteiger partial charge in [-0.15, -0.1) is 0 Å².